The molecule has 0 aromatic rings. The molecule has 0 fully saturated rings. The van der Waals surface area contributed by atoms with Crippen molar-refractivity contribution in [1.82, 2.24) is 0 Å². The zero-order valence-corrected chi connectivity index (χ0v) is 5.24. The molecule has 42 valence electrons. The number of rotatable bonds is 1. The fourth-order valence-corrected chi connectivity index (χ4v) is 0.316. The lowest BCUT2D eigenvalue weighted by atomic mass is 10.6. The third-order valence-electron chi connectivity index (χ3n) is 0.706. The Morgan fingerprint density at radius 3 is 2.00 bits per heavy atom. The maximum atomic E-state index is 9.90. The molecule has 0 unspecified atom stereocenters. The Hall–Kier alpha value is -0.310. The average molecular weight is 120 g/mol. The molecule has 0 aliphatic rings. The normalized spacial score (nSPS) is 12.7. The standard InChI is InChI=1S/C4H8O2S/c1-3-4(2)7(5)6/h3,7H,1-2H3. The van der Waals surface area contributed by atoms with Gasteiger partial charge in [0.15, 0.2) is 10.7 Å². The summed E-state index contributed by atoms with van der Waals surface area (Å²) in [5.41, 5.74) is 0. The van der Waals surface area contributed by atoms with E-state index in [-0.39, 0.29) is 0 Å². The van der Waals surface area contributed by atoms with Gasteiger partial charge in [-0.25, -0.2) is 8.42 Å². The van der Waals surface area contributed by atoms with E-state index in [1.165, 1.54) is 0 Å². The Labute approximate surface area is 44.8 Å². The fourth-order valence-electron chi connectivity index (χ4n) is 0.105. The van der Waals surface area contributed by atoms with E-state index < -0.39 is 10.7 Å². The van der Waals surface area contributed by atoms with Crippen molar-refractivity contribution < 1.29 is 8.42 Å². The molecule has 0 saturated heterocycles. The quantitative estimate of drug-likeness (QED) is 0.512. The van der Waals surface area contributed by atoms with Gasteiger partial charge in [0.05, 0.1) is 0 Å². The van der Waals surface area contributed by atoms with Crippen LogP contribution in [0.2, 0.25) is 0 Å². The minimum Gasteiger partial charge on any atom is -0.227 e. The van der Waals surface area contributed by atoms with E-state index in [1.54, 1.807) is 19.9 Å². The molecular formula is C4H8O2S. The van der Waals surface area contributed by atoms with Crippen LogP contribution in [0.1, 0.15) is 13.8 Å². The molecule has 0 rings (SSSR count). The van der Waals surface area contributed by atoms with Crippen LogP contribution in [0, 0.1) is 0 Å². The summed E-state index contributed by atoms with van der Waals surface area (Å²) in [6.45, 7) is 3.26. The Bertz CT molecular complexity index is 136. The van der Waals surface area contributed by atoms with Gasteiger partial charge in [0.1, 0.15) is 0 Å². The van der Waals surface area contributed by atoms with Crippen LogP contribution in [0.3, 0.4) is 0 Å². The van der Waals surface area contributed by atoms with Crippen LogP contribution in [0.15, 0.2) is 11.0 Å². The number of thiol groups is 1. The first-order valence-electron chi connectivity index (χ1n) is 1.95. The molecule has 0 N–H and O–H groups in total. The number of hydrogen-bond donors (Lipinski definition) is 1. The number of allylic oxidation sites excluding steroid dienone is 2. The molecule has 2 nitrogen and oxygen atoms in total. The smallest absolute Gasteiger partial charge is 0.163 e. The van der Waals surface area contributed by atoms with Crippen LogP contribution in [0.4, 0.5) is 0 Å². The van der Waals surface area contributed by atoms with Gasteiger partial charge in [-0.15, -0.1) is 0 Å². The third kappa shape index (κ3) is 2.39. The summed E-state index contributed by atoms with van der Waals surface area (Å²) in [4.78, 5) is 0.426. The second-order valence-electron chi connectivity index (χ2n) is 1.19. The van der Waals surface area contributed by atoms with E-state index in [4.69, 9.17) is 0 Å². The first-order chi connectivity index (χ1) is 3.18. The highest BCUT2D eigenvalue weighted by molar-refractivity contribution is 7.76. The van der Waals surface area contributed by atoms with Crippen LogP contribution in [0.5, 0.6) is 0 Å². The van der Waals surface area contributed by atoms with Gasteiger partial charge in [-0.2, -0.15) is 0 Å². The van der Waals surface area contributed by atoms with E-state index in [0.29, 0.717) is 4.91 Å². The second kappa shape index (κ2) is 2.80. The Balaban J connectivity index is 4.10. The van der Waals surface area contributed by atoms with Gasteiger partial charge in [-0.3, -0.25) is 0 Å². The van der Waals surface area contributed by atoms with Crippen LogP contribution < -0.4 is 0 Å². The second-order valence-corrected chi connectivity index (χ2v) is 2.41. The summed E-state index contributed by atoms with van der Waals surface area (Å²) in [6.07, 6.45) is 1.56. The molecule has 0 aromatic heterocycles. The van der Waals surface area contributed by atoms with E-state index in [0.717, 1.165) is 0 Å². The van der Waals surface area contributed by atoms with Crippen molar-refractivity contribution in [2.24, 2.45) is 0 Å². The van der Waals surface area contributed by atoms with Crippen molar-refractivity contribution in [2.75, 3.05) is 0 Å². The molecule has 0 atom stereocenters. The topological polar surface area (TPSA) is 34.1 Å². The minimum atomic E-state index is -2.30. The molecule has 0 amide bonds. The van der Waals surface area contributed by atoms with Gasteiger partial charge in [-0.05, 0) is 13.8 Å². The van der Waals surface area contributed by atoms with Crippen molar-refractivity contribution >= 4 is 10.7 Å². The van der Waals surface area contributed by atoms with Gasteiger partial charge in [0.2, 0.25) is 0 Å². The number of hydrogen-bond acceptors (Lipinski definition) is 2. The predicted molar refractivity (Wildman–Crippen MR) is 29.7 cm³/mol. The molecular weight excluding hydrogens is 112 g/mol. The lowest BCUT2D eigenvalue weighted by molar-refractivity contribution is 0.619. The van der Waals surface area contributed by atoms with Gasteiger partial charge in [0, 0.05) is 4.91 Å². The third-order valence-corrected chi connectivity index (χ3v) is 1.54. The predicted octanol–water partition coefficient (Wildman–Crippen LogP) is 0.522. The monoisotopic (exact) mass is 120 g/mol. The SMILES string of the molecule is CC=C(C)[SH](=O)=O. The maximum Gasteiger partial charge on any atom is 0.163 e. The molecule has 0 heterocycles. The maximum absolute atomic E-state index is 9.90. The van der Waals surface area contributed by atoms with Gasteiger partial charge >= 0.3 is 0 Å². The molecule has 0 aliphatic heterocycles. The first-order valence-corrected chi connectivity index (χ1v) is 3.13. The van der Waals surface area contributed by atoms with Gasteiger partial charge in [0.25, 0.3) is 0 Å². The summed E-state index contributed by atoms with van der Waals surface area (Å²) in [7, 11) is -2.30. The first kappa shape index (κ1) is 6.69. The van der Waals surface area contributed by atoms with Gasteiger partial charge < -0.3 is 0 Å². The average Bonchev–Trinajstić information content (AvgIpc) is 1.65. The van der Waals surface area contributed by atoms with Crippen molar-refractivity contribution in [3.8, 4) is 0 Å². The largest absolute Gasteiger partial charge is 0.227 e. The molecule has 0 bridgehead atoms. The van der Waals surface area contributed by atoms with Crippen LogP contribution in [0.25, 0.3) is 0 Å². The summed E-state index contributed by atoms with van der Waals surface area (Å²) < 4.78 is 19.8. The summed E-state index contributed by atoms with van der Waals surface area (Å²) in [6, 6.07) is 0. The molecule has 7 heavy (non-hydrogen) atoms. The highest BCUT2D eigenvalue weighted by atomic mass is 32.2. The van der Waals surface area contributed by atoms with Crippen molar-refractivity contribution in [2.45, 2.75) is 13.8 Å². The van der Waals surface area contributed by atoms with E-state index in [9.17, 15) is 8.42 Å². The Kier molecular flexibility index (Phi) is 2.67. The lowest BCUT2D eigenvalue weighted by Crippen LogP contribution is -1.73. The fraction of sp³-hybridized carbons (Fsp3) is 0.500. The zero-order chi connectivity index (χ0) is 5.86. The van der Waals surface area contributed by atoms with E-state index in [2.05, 4.69) is 0 Å². The summed E-state index contributed by atoms with van der Waals surface area (Å²) in [5, 5.41) is 0. The van der Waals surface area contributed by atoms with Crippen molar-refractivity contribution in [3.63, 3.8) is 0 Å². The van der Waals surface area contributed by atoms with Crippen molar-refractivity contribution in [3.05, 3.63) is 11.0 Å². The highest BCUT2D eigenvalue weighted by Crippen LogP contribution is 1.88. The summed E-state index contributed by atoms with van der Waals surface area (Å²) in [5.74, 6) is 0. The molecule has 0 radical (unpaired) electrons. The minimum absolute atomic E-state index is 0.426. The highest BCUT2D eigenvalue weighted by Gasteiger charge is 1.81. The van der Waals surface area contributed by atoms with Crippen LogP contribution >= 0.6 is 0 Å². The van der Waals surface area contributed by atoms with E-state index >= 15 is 0 Å². The molecule has 0 spiro atoms. The molecule has 3 heteroatoms. The lowest BCUT2D eigenvalue weighted by Gasteiger charge is -1.77. The van der Waals surface area contributed by atoms with Crippen molar-refractivity contribution in [1.29, 1.82) is 0 Å². The summed E-state index contributed by atoms with van der Waals surface area (Å²) >= 11 is 0. The van der Waals surface area contributed by atoms with Gasteiger partial charge in [-0.1, -0.05) is 6.08 Å². The van der Waals surface area contributed by atoms with Crippen LogP contribution in [-0.4, -0.2) is 8.42 Å². The zero-order valence-electron chi connectivity index (χ0n) is 4.34. The van der Waals surface area contributed by atoms with E-state index in [1.807, 2.05) is 0 Å². The molecule has 0 aromatic carbocycles. The Morgan fingerprint density at radius 2 is 2.00 bits per heavy atom. The Morgan fingerprint density at radius 1 is 1.57 bits per heavy atom. The molecule has 0 aliphatic carbocycles. The molecule has 0 saturated carbocycles. The van der Waals surface area contributed by atoms with Crippen LogP contribution in [-0.2, 0) is 10.7 Å².